The number of nitrogens with one attached hydrogen (secondary N) is 3. The molecule has 0 spiro atoms. The minimum atomic E-state index is -0.774. The molecule has 2 amide bonds. The number of ether oxygens (including phenoxy) is 6. The van der Waals surface area contributed by atoms with Crippen molar-refractivity contribution in [2.75, 3.05) is 65.3 Å². The van der Waals surface area contributed by atoms with E-state index >= 15 is 0 Å². The zero-order chi connectivity index (χ0) is 35.0. The first-order valence-corrected chi connectivity index (χ1v) is 16.7. The largest absolute Gasteiger partial charge is 0.493 e. The van der Waals surface area contributed by atoms with Crippen LogP contribution in [0.1, 0.15) is 36.9 Å². The SMILES string of the molecule is COc1cc(NC(=O)C(CCSC)Nc2ccc3c(cc2=O)C(NC(C)=O)CCc2cc(OC)c(OC)c(OC)c2-3)cc(OC)c1OC. The molecule has 0 saturated heterocycles. The van der Waals surface area contributed by atoms with Crippen LogP contribution in [0.2, 0.25) is 0 Å². The summed E-state index contributed by atoms with van der Waals surface area (Å²) in [4.78, 5) is 40.0. The number of anilines is 2. The molecule has 2 unspecified atom stereocenters. The standard InChI is InChI=1S/C35H43N3O9S/c1-19(39)36-24-11-9-20-15-28(42-2)33(46-6)34(47-7)31(20)22-10-12-25(27(40)18-23(22)24)38-26(13-14-48-8)35(41)37-21-16-29(43-3)32(45-5)30(17-21)44-4/h10,12,15-18,24,26H,9,11,13-14H2,1-8H3,(H,36,39)(H,37,41)(H,38,40). The zero-order valence-corrected chi connectivity index (χ0v) is 29.3. The number of fused-ring (bicyclic) bond motifs is 3. The predicted molar refractivity (Wildman–Crippen MR) is 188 cm³/mol. The Morgan fingerprint density at radius 2 is 1.48 bits per heavy atom. The van der Waals surface area contributed by atoms with Gasteiger partial charge in [0.15, 0.2) is 23.0 Å². The van der Waals surface area contributed by atoms with Gasteiger partial charge in [-0.05, 0) is 66.2 Å². The molecule has 1 aliphatic rings. The number of amides is 2. The van der Waals surface area contributed by atoms with Crippen molar-refractivity contribution in [2.24, 2.45) is 0 Å². The van der Waals surface area contributed by atoms with Gasteiger partial charge in [-0.25, -0.2) is 0 Å². The molecule has 3 aromatic carbocycles. The summed E-state index contributed by atoms with van der Waals surface area (Å²) in [6.45, 7) is 1.45. The fourth-order valence-corrected chi connectivity index (χ4v) is 6.37. The molecular formula is C35H43N3O9S. The number of aryl methyl sites for hydroxylation is 1. The lowest BCUT2D eigenvalue weighted by Gasteiger charge is -2.20. The van der Waals surface area contributed by atoms with Crippen LogP contribution in [-0.2, 0) is 16.0 Å². The van der Waals surface area contributed by atoms with E-state index in [4.69, 9.17) is 28.4 Å². The van der Waals surface area contributed by atoms with E-state index in [0.29, 0.717) is 76.3 Å². The van der Waals surface area contributed by atoms with Crippen LogP contribution in [0.15, 0.2) is 41.2 Å². The van der Waals surface area contributed by atoms with E-state index in [1.54, 1.807) is 44.2 Å². The number of rotatable bonds is 14. The fourth-order valence-electron chi connectivity index (χ4n) is 5.90. The quantitative estimate of drug-likeness (QED) is 0.210. The van der Waals surface area contributed by atoms with Crippen molar-refractivity contribution in [3.05, 3.63) is 57.7 Å². The van der Waals surface area contributed by atoms with Gasteiger partial charge in [-0.1, -0.05) is 6.07 Å². The maximum atomic E-state index is 13.9. The normalized spacial score (nSPS) is 13.9. The third-order valence-electron chi connectivity index (χ3n) is 8.11. The summed E-state index contributed by atoms with van der Waals surface area (Å²) in [5, 5.41) is 9.14. The van der Waals surface area contributed by atoms with Crippen LogP contribution >= 0.6 is 11.8 Å². The first-order valence-electron chi connectivity index (χ1n) is 15.3. The van der Waals surface area contributed by atoms with E-state index in [1.165, 1.54) is 41.4 Å². The molecule has 3 aromatic rings. The maximum absolute atomic E-state index is 13.9. The van der Waals surface area contributed by atoms with Crippen LogP contribution in [0.3, 0.4) is 0 Å². The van der Waals surface area contributed by atoms with Crippen LogP contribution in [0, 0.1) is 0 Å². The third-order valence-corrected chi connectivity index (χ3v) is 8.75. The second-order valence-corrected chi connectivity index (χ2v) is 12.0. The van der Waals surface area contributed by atoms with Crippen LogP contribution < -0.4 is 49.8 Å². The van der Waals surface area contributed by atoms with Gasteiger partial charge in [-0.15, -0.1) is 0 Å². The molecule has 0 fully saturated rings. The average molecular weight is 682 g/mol. The van der Waals surface area contributed by atoms with Crippen molar-refractivity contribution in [2.45, 2.75) is 38.3 Å². The highest BCUT2D eigenvalue weighted by atomic mass is 32.2. The van der Waals surface area contributed by atoms with E-state index in [0.717, 1.165) is 11.1 Å². The highest BCUT2D eigenvalue weighted by Crippen LogP contribution is 2.50. The Labute approximate surface area is 284 Å². The first kappa shape index (κ1) is 36.1. The van der Waals surface area contributed by atoms with Gasteiger partial charge in [0, 0.05) is 30.3 Å². The summed E-state index contributed by atoms with van der Waals surface area (Å²) in [7, 11) is 9.13. The van der Waals surface area contributed by atoms with Gasteiger partial charge in [0.1, 0.15) is 6.04 Å². The zero-order valence-electron chi connectivity index (χ0n) is 28.5. The smallest absolute Gasteiger partial charge is 0.246 e. The van der Waals surface area contributed by atoms with Crippen molar-refractivity contribution >= 4 is 35.0 Å². The number of thioether (sulfide) groups is 1. The van der Waals surface area contributed by atoms with Crippen molar-refractivity contribution < 1.29 is 38.0 Å². The van der Waals surface area contributed by atoms with Gasteiger partial charge in [-0.2, -0.15) is 11.8 Å². The van der Waals surface area contributed by atoms with Crippen LogP contribution in [0.5, 0.6) is 34.5 Å². The molecule has 258 valence electrons. The molecular weight excluding hydrogens is 638 g/mol. The summed E-state index contributed by atoms with van der Waals surface area (Å²) >= 11 is 1.58. The lowest BCUT2D eigenvalue weighted by Crippen LogP contribution is -2.36. The maximum Gasteiger partial charge on any atom is 0.246 e. The highest BCUT2D eigenvalue weighted by molar-refractivity contribution is 7.98. The van der Waals surface area contributed by atoms with Crippen molar-refractivity contribution in [3.8, 4) is 45.6 Å². The van der Waals surface area contributed by atoms with E-state index in [2.05, 4.69) is 16.0 Å². The molecule has 0 saturated carbocycles. The average Bonchev–Trinajstić information content (AvgIpc) is 3.32. The van der Waals surface area contributed by atoms with Crippen LogP contribution in [-0.4, -0.2) is 72.5 Å². The highest BCUT2D eigenvalue weighted by Gasteiger charge is 2.30. The molecule has 0 heterocycles. The molecule has 1 aliphatic carbocycles. The lowest BCUT2D eigenvalue weighted by atomic mass is 9.95. The lowest BCUT2D eigenvalue weighted by molar-refractivity contribution is -0.120. The minimum absolute atomic E-state index is 0.219. The topological polar surface area (TPSA) is 143 Å². The Morgan fingerprint density at radius 1 is 0.854 bits per heavy atom. The monoisotopic (exact) mass is 681 g/mol. The van der Waals surface area contributed by atoms with E-state index in [9.17, 15) is 14.4 Å². The summed E-state index contributed by atoms with van der Waals surface area (Å²) in [6, 6.07) is 8.93. The molecule has 13 heteroatoms. The van der Waals surface area contributed by atoms with Crippen molar-refractivity contribution in [1.29, 1.82) is 0 Å². The van der Waals surface area contributed by atoms with Gasteiger partial charge in [0.25, 0.3) is 0 Å². The van der Waals surface area contributed by atoms with Gasteiger partial charge in [0.2, 0.25) is 28.7 Å². The predicted octanol–water partition coefficient (Wildman–Crippen LogP) is 5.06. The Hall–Kier alpha value is -4.78. The number of hydrogen-bond donors (Lipinski definition) is 3. The van der Waals surface area contributed by atoms with Crippen molar-refractivity contribution in [3.63, 3.8) is 0 Å². The summed E-state index contributed by atoms with van der Waals surface area (Å²) in [6.07, 6.45) is 3.48. The number of methoxy groups -OCH3 is 6. The van der Waals surface area contributed by atoms with Gasteiger partial charge >= 0.3 is 0 Å². The molecule has 3 N–H and O–H groups in total. The molecule has 4 rings (SSSR count). The molecule has 0 aliphatic heterocycles. The van der Waals surface area contributed by atoms with Crippen LogP contribution in [0.4, 0.5) is 11.4 Å². The van der Waals surface area contributed by atoms with Crippen LogP contribution in [0.25, 0.3) is 11.1 Å². The van der Waals surface area contributed by atoms with E-state index in [1.807, 2.05) is 18.4 Å². The second kappa shape index (κ2) is 16.4. The first-order chi connectivity index (χ1) is 23.1. The van der Waals surface area contributed by atoms with E-state index in [-0.39, 0.29) is 22.9 Å². The second-order valence-electron chi connectivity index (χ2n) is 11.0. The summed E-state index contributed by atoms with van der Waals surface area (Å²) in [5.41, 5.74) is 3.26. The number of carbonyl (C=O) groups is 2. The molecule has 0 radical (unpaired) electrons. The van der Waals surface area contributed by atoms with Gasteiger partial charge in [0.05, 0.1) is 54.4 Å². The number of hydrogen-bond acceptors (Lipinski definition) is 11. The summed E-state index contributed by atoms with van der Waals surface area (Å²) < 4.78 is 33.5. The Balaban J connectivity index is 1.81. The third kappa shape index (κ3) is 7.67. The van der Waals surface area contributed by atoms with Crippen molar-refractivity contribution in [1.82, 2.24) is 5.32 Å². The van der Waals surface area contributed by atoms with Gasteiger partial charge in [-0.3, -0.25) is 14.4 Å². The summed E-state index contributed by atoms with van der Waals surface area (Å²) in [5.74, 6) is 2.62. The molecule has 12 nitrogen and oxygen atoms in total. The Morgan fingerprint density at radius 3 is 2.04 bits per heavy atom. The fraction of sp³-hybridized carbons (Fsp3) is 0.400. The Bertz CT molecular complexity index is 1690. The van der Waals surface area contributed by atoms with Gasteiger partial charge < -0.3 is 44.4 Å². The number of benzene rings is 2. The molecule has 0 aromatic heterocycles. The minimum Gasteiger partial charge on any atom is -0.493 e. The molecule has 2 atom stereocenters. The van der Waals surface area contributed by atoms with E-state index < -0.39 is 12.1 Å². The number of carbonyl (C=O) groups excluding carboxylic acids is 2. The Kier molecular flexibility index (Phi) is 12.3. The molecule has 0 bridgehead atoms. The molecule has 48 heavy (non-hydrogen) atoms.